The van der Waals surface area contributed by atoms with E-state index in [1.54, 1.807) is 39.0 Å². The Morgan fingerprint density at radius 2 is 1.66 bits per heavy atom. The number of nitrogens with zero attached hydrogens (tertiary/aromatic N) is 5. The summed E-state index contributed by atoms with van der Waals surface area (Å²) in [5.74, 6) is -8.60. The number of allylic oxidation sites excluding steroid dienone is 3. The molecule has 2 aromatic carbocycles. The van der Waals surface area contributed by atoms with Gasteiger partial charge in [0.1, 0.15) is 47.7 Å². The van der Waals surface area contributed by atoms with Crippen LogP contribution in [0, 0.1) is 41.3 Å². The van der Waals surface area contributed by atoms with Crippen LogP contribution >= 0.6 is 11.6 Å². The molecule has 4 fully saturated rings. The predicted octanol–water partition coefficient (Wildman–Crippen LogP) is 7.41. The lowest BCUT2D eigenvalue weighted by molar-refractivity contribution is -0.302. The number of hydrogen-bond donors (Lipinski definition) is 6. The monoisotopic (exact) mass is 1280 g/mol. The molecule has 14 atom stereocenters. The highest BCUT2D eigenvalue weighted by Gasteiger charge is 2.57. The Hall–Kier alpha value is -5.53. The summed E-state index contributed by atoms with van der Waals surface area (Å²) in [6, 6.07) is 6.56. The van der Waals surface area contributed by atoms with Gasteiger partial charge in [-0.2, -0.15) is 0 Å². The number of piperazine rings is 1. The molecule has 5 heterocycles. The van der Waals surface area contributed by atoms with Crippen LogP contribution in [0.4, 0.5) is 15.9 Å². The first-order valence-corrected chi connectivity index (χ1v) is 32.5. The Kier molecular flexibility index (Phi) is 25.3. The van der Waals surface area contributed by atoms with Crippen molar-refractivity contribution in [3.63, 3.8) is 0 Å². The highest BCUT2D eigenvalue weighted by atomic mass is 35.5. The molecule has 0 unspecified atom stereocenters. The number of rotatable bonds is 17. The SMILES string of the molecule is CO[C@H]1C[C@@H](C)C/C(C)=C/[C@@H](CCCC(=O)N2CCN(CCCOc3cc4c(Nc5ccc(F)c(Cl)c5)ncnc4cc3CO)CC2)C(=O)C[C@H](O)[C@@H](C)[C@@H](/C(C)=C/[C@@H]2CC[C@@H](O)[C@H](CO)C2)OC(=O)[C@@H]2CCCCN2C(=O)C(=O)[C@]2(O)O[C@H]1[C@@H](OC)C[C@H]2C. The average molecular weight is 1280 g/mol. The standard InChI is InChI=1S/C67H94ClFN6O15/c1-39-26-40(2)28-58(86-6)62-59(87-7)30-42(4)67(85,90-62)63(82)65(83)75-20-9-8-13-53(75)66(84)89-61(41(3)29-44-15-18-54(78)46(31-44)36-76)43(5)55(79)35-56(80)45(27-39)12-10-14-60(81)74-23-21-73(22-24-74)19-11-25-88-57-34-49-52(32-47(57)37-77)70-38-71-64(49)72-48-16-17-51(69)50(68)33-48/h16-17,27,29,32-34,38,40,42-46,53-55,58-59,61-62,76-79,85H,8-15,18-26,28,30-31,35-37H2,1-7H3,(H,70,71,72)/b39-27+,41-29+/t40-,42+,43+,44-,45+,46-,53-,54+,55-,58-,59-,61+,62+,67+/m0/s1. The number of carbonyl (C=O) groups is 5. The molecule has 0 spiro atoms. The fraction of sp³-hybridized carbons (Fsp3) is 0.657. The number of esters is 1. The van der Waals surface area contributed by atoms with E-state index < -0.39 is 89.7 Å². The topological polar surface area (TPSA) is 280 Å². The number of aliphatic hydroxyl groups is 5. The molecule has 0 radical (unpaired) electrons. The number of nitrogens with one attached hydrogen (secondary N) is 1. The molecule has 3 saturated heterocycles. The molecule has 3 aromatic rings. The van der Waals surface area contributed by atoms with E-state index in [9.17, 15) is 53.9 Å². The fourth-order valence-electron chi connectivity index (χ4n) is 13.9. The number of cyclic esters (lactones) is 1. The molecular formula is C67H94ClFN6O15. The van der Waals surface area contributed by atoms with Crippen LogP contribution in [0.3, 0.4) is 0 Å². The van der Waals surface area contributed by atoms with Crippen LogP contribution in [0.25, 0.3) is 10.9 Å². The first-order chi connectivity index (χ1) is 43.0. The summed E-state index contributed by atoms with van der Waals surface area (Å²) in [6.45, 7) is 12.0. The lowest BCUT2D eigenvalue weighted by Gasteiger charge is -2.47. The number of methoxy groups -OCH3 is 2. The van der Waals surface area contributed by atoms with Gasteiger partial charge in [0.2, 0.25) is 11.7 Å². The van der Waals surface area contributed by atoms with E-state index in [1.165, 1.54) is 32.7 Å². The molecule has 6 N–H and O–H groups in total. The van der Waals surface area contributed by atoms with Crippen LogP contribution in [0.2, 0.25) is 5.02 Å². The van der Waals surface area contributed by atoms with Crippen LogP contribution in [0.5, 0.6) is 5.75 Å². The Morgan fingerprint density at radius 1 is 0.911 bits per heavy atom. The van der Waals surface area contributed by atoms with E-state index in [-0.39, 0.29) is 79.9 Å². The highest BCUT2D eigenvalue weighted by molar-refractivity contribution is 6.39. The van der Waals surface area contributed by atoms with Crippen molar-refractivity contribution in [2.75, 3.05) is 72.0 Å². The third-order valence-electron chi connectivity index (χ3n) is 19.2. The number of hydrogen-bond acceptors (Lipinski definition) is 19. The van der Waals surface area contributed by atoms with E-state index in [0.29, 0.717) is 143 Å². The Balaban J connectivity index is 0.946. The zero-order chi connectivity index (χ0) is 65.0. The number of benzene rings is 2. The molecular weight excluding hydrogens is 1180 g/mol. The Bertz CT molecular complexity index is 3040. The zero-order valence-electron chi connectivity index (χ0n) is 53.2. The molecule has 8 rings (SSSR count). The summed E-state index contributed by atoms with van der Waals surface area (Å²) in [5, 5.41) is 59.1. The van der Waals surface area contributed by atoms with Crippen molar-refractivity contribution in [1.29, 1.82) is 0 Å². The minimum atomic E-state index is -2.58. The number of aliphatic hydroxyl groups excluding tert-OH is 4. The number of anilines is 2. The normalized spacial score (nSPS) is 31.5. The van der Waals surface area contributed by atoms with Crippen molar-refractivity contribution in [2.24, 2.45) is 35.5 Å². The number of fused-ring (bicyclic) bond motifs is 4. The number of aromatic nitrogens is 2. The maximum Gasteiger partial charge on any atom is 0.329 e. The molecule has 1 aromatic heterocycles. The first kappa shape index (κ1) is 70.3. The summed E-state index contributed by atoms with van der Waals surface area (Å²) < 4.78 is 44.7. The van der Waals surface area contributed by atoms with E-state index in [4.69, 9.17) is 35.3 Å². The third kappa shape index (κ3) is 17.4. The predicted molar refractivity (Wildman–Crippen MR) is 335 cm³/mol. The molecule has 1 saturated carbocycles. The molecule has 496 valence electrons. The van der Waals surface area contributed by atoms with Crippen LogP contribution in [0.15, 0.2) is 60.0 Å². The number of ketones is 2. The second-order valence-corrected chi connectivity index (χ2v) is 26.3. The van der Waals surface area contributed by atoms with Gasteiger partial charge in [-0.1, -0.05) is 50.1 Å². The smallest absolute Gasteiger partial charge is 0.329 e. The Labute approximate surface area is 532 Å². The van der Waals surface area contributed by atoms with Gasteiger partial charge in [0.25, 0.3) is 11.7 Å². The summed E-state index contributed by atoms with van der Waals surface area (Å²) in [7, 11) is 3.02. The molecule has 5 aliphatic rings. The van der Waals surface area contributed by atoms with Crippen molar-refractivity contribution in [3.05, 3.63) is 76.4 Å². The number of carbonyl (C=O) groups excluding carboxylic acids is 5. The van der Waals surface area contributed by atoms with Gasteiger partial charge in [0, 0.05) is 113 Å². The van der Waals surface area contributed by atoms with Crippen molar-refractivity contribution >= 4 is 63.4 Å². The molecule has 2 bridgehead atoms. The maximum absolute atomic E-state index is 14.8. The highest BCUT2D eigenvalue weighted by Crippen LogP contribution is 2.40. The van der Waals surface area contributed by atoms with Crippen LogP contribution in [0.1, 0.15) is 130 Å². The quantitative estimate of drug-likeness (QED) is 0.0332. The van der Waals surface area contributed by atoms with Crippen molar-refractivity contribution in [1.82, 2.24) is 24.7 Å². The number of ether oxygens (including phenoxy) is 5. The van der Waals surface area contributed by atoms with Crippen molar-refractivity contribution in [2.45, 2.75) is 180 Å². The summed E-state index contributed by atoms with van der Waals surface area (Å²) in [5.41, 5.74) is 3.13. The molecule has 23 heteroatoms. The van der Waals surface area contributed by atoms with Gasteiger partial charge in [-0.15, -0.1) is 0 Å². The summed E-state index contributed by atoms with van der Waals surface area (Å²) >= 11 is 6.02. The van der Waals surface area contributed by atoms with Crippen LogP contribution in [-0.2, 0) is 49.5 Å². The van der Waals surface area contributed by atoms with Crippen molar-refractivity contribution in [3.8, 4) is 5.75 Å². The number of piperidine rings is 1. The van der Waals surface area contributed by atoms with Gasteiger partial charge in [0.15, 0.2) is 0 Å². The number of amides is 2. The lowest BCUT2D eigenvalue weighted by atomic mass is 9.78. The zero-order valence-corrected chi connectivity index (χ0v) is 54.0. The minimum Gasteiger partial charge on any atom is -0.493 e. The largest absolute Gasteiger partial charge is 0.493 e. The van der Waals surface area contributed by atoms with E-state index in [0.717, 1.165) is 10.5 Å². The van der Waals surface area contributed by atoms with Crippen molar-refractivity contribution < 1.29 is 77.6 Å². The van der Waals surface area contributed by atoms with Gasteiger partial charge >= 0.3 is 5.97 Å². The van der Waals surface area contributed by atoms with E-state index in [2.05, 4.69) is 20.2 Å². The maximum atomic E-state index is 14.8. The van der Waals surface area contributed by atoms with E-state index in [1.807, 2.05) is 30.9 Å². The third-order valence-corrected chi connectivity index (χ3v) is 19.5. The molecule has 21 nitrogen and oxygen atoms in total. The molecule has 1 aliphatic carbocycles. The second kappa shape index (κ2) is 32.4. The average Bonchev–Trinajstić information content (AvgIpc) is 1.07. The van der Waals surface area contributed by atoms with E-state index >= 15 is 0 Å². The van der Waals surface area contributed by atoms with Crippen LogP contribution < -0.4 is 10.1 Å². The number of halogens is 2. The first-order valence-electron chi connectivity index (χ1n) is 32.2. The summed E-state index contributed by atoms with van der Waals surface area (Å²) in [4.78, 5) is 86.4. The molecule has 90 heavy (non-hydrogen) atoms. The Morgan fingerprint density at radius 3 is 2.37 bits per heavy atom. The second-order valence-electron chi connectivity index (χ2n) is 25.8. The fourth-order valence-corrected chi connectivity index (χ4v) is 14.1. The van der Waals surface area contributed by atoms with Gasteiger partial charge in [-0.25, -0.2) is 19.2 Å². The lowest BCUT2D eigenvalue weighted by Crippen LogP contribution is -2.64. The van der Waals surface area contributed by atoms with Gasteiger partial charge in [0.05, 0.1) is 48.2 Å². The number of Topliss-reactive ketones (excluding diaryl/α,β-unsaturated/α-hetero) is 2. The summed E-state index contributed by atoms with van der Waals surface area (Å²) in [6.07, 6.45) is 4.86. The van der Waals surface area contributed by atoms with Gasteiger partial charge in [-0.3, -0.25) is 24.1 Å². The van der Waals surface area contributed by atoms with Gasteiger partial charge in [-0.05, 0) is 139 Å². The minimum absolute atomic E-state index is 0.0276. The molecule has 2 amide bonds. The van der Waals surface area contributed by atoms with Crippen LogP contribution in [-0.4, -0.2) is 195 Å². The van der Waals surface area contributed by atoms with Gasteiger partial charge < -0.3 is 64.3 Å². The molecule has 4 aliphatic heterocycles.